The summed E-state index contributed by atoms with van der Waals surface area (Å²) in [5.41, 5.74) is 1.83. The average molecular weight is 799 g/mol. The van der Waals surface area contributed by atoms with E-state index in [2.05, 4.69) is 46.7 Å². The van der Waals surface area contributed by atoms with Gasteiger partial charge in [-0.05, 0) is 24.3 Å². The number of nitrogens with zero attached hydrogens (tertiary/aromatic N) is 7. The summed E-state index contributed by atoms with van der Waals surface area (Å²) in [5.74, 6) is 0. The number of aromatic nitrogens is 4. The van der Waals surface area contributed by atoms with Gasteiger partial charge in [0.2, 0.25) is 10.1 Å². The Balaban J connectivity index is 0.000000193. The highest BCUT2D eigenvalue weighted by Gasteiger charge is 2.36. The zero-order valence-corrected chi connectivity index (χ0v) is 31.0. The molecule has 0 saturated carbocycles. The molecule has 24 heteroatoms. The molecule has 1 aliphatic heterocycles. The lowest BCUT2D eigenvalue weighted by Crippen LogP contribution is -2.34. The summed E-state index contributed by atoms with van der Waals surface area (Å²) >= 11 is 3.27. The molecule has 0 radical (unpaired) electrons. The molecule has 1 fully saturated rings. The van der Waals surface area contributed by atoms with Gasteiger partial charge in [-0.3, -0.25) is 15.1 Å². The van der Waals surface area contributed by atoms with Gasteiger partial charge in [0, 0.05) is 41.8 Å². The Kier molecular flexibility index (Phi) is 15.0. The number of thiazole rings is 2. The fourth-order valence-electron chi connectivity index (χ4n) is 3.72. The van der Waals surface area contributed by atoms with Crippen molar-refractivity contribution < 1.29 is 42.3 Å². The largest absolute Gasteiger partial charge is 0.465 e. The maximum absolute atomic E-state index is 12.1. The minimum Gasteiger partial charge on any atom is -0.465 e. The van der Waals surface area contributed by atoms with Crippen LogP contribution in [-0.4, -0.2) is 109 Å². The molecular formula is C29H33F3N12O6S3. The number of rotatable bonds is 3. The van der Waals surface area contributed by atoms with E-state index in [4.69, 9.17) is 5.11 Å². The lowest BCUT2D eigenvalue weighted by Gasteiger charge is -2.11. The van der Waals surface area contributed by atoms with Crippen LogP contribution >= 0.6 is 34.0 Å². The highest BCUT2D eigenvalue weighted by Crippen LogP contribution is 2.34. The number of imide groups is 1. The molecule has 18 nitrogen and oxygen atoms in total. The molecule has 6 N–H and O–H groups in total. The van der Waals surface area contributed by atoms with Crippen molar-refractivity contribution in [2.75, 3.05) is 63.4 Å². The molecule has 0 unspecified atom stereocenters. The summed E-state index contributed by atoms with van der Waals surface area (Å²) in [7, 11) is 7.55. The van der Waals surface area contributed by atoms with Crippen molar-refractivity contribution in [3.05, 3.63) is 53.5 Å². The maximum atomic E-state index is 12.1. The first-order valence-electron chi connectivity index (χ1n) is 14.9. The summed E-state index contributed by atoms with van der Waals surface area (Å²) in [4.78, 5) is 65.7. The third-order valence-electron chi connectivity index (χ3n) is 6.38. The smallest absolute Gasteiger partial charge is 0.445 e. The van der Waals surface area contributed by atoms with Crippen LogP contribution < -0.4 is 36.4 Å². The second-order valence-corrected chi connectivity index (χ2v) is 12.9. The lowest BCUT2D eigenvalue weighted by molar-refractivity contribution is -0.138. The van der Waals surface area contributed by atoms with E-state index in [1.54, 1.807) is 21.1 Å². The van der Waals surface area contributed by atoms with Gasteiger partial charge in [-0.25, -0.2) is 38.8 Å². The number of carboxylic acid groups (broad SMARTS) is 1. The van der Waals surface area contributed by atoms with Crippen LogP contribution in [0.2, 0.25) is 0 Å². The number of hydrogen-bond donors (Lipinski definition) is 6. The van der Waals surface area contributed by atoms with E-state index >= 15 is 0 Å². The number of carbonyl (C=O) groups excluding carboxylic acids is 4. The van der Waals surface area contributed by atoms with Crippen LogP contribution in [0.3, 0.4) is 0 Å². The number of anilines is 3. The van der Waals surface area contributed by atoms with Gasteiger partial charge < -0.3 is 26.4 Å². The number of urea groups is 4. The molecule has 1 aliphatic rings. The average Bonchev–Trinajstić information content (AvgIpc) is 3.96. The minimum atomic E-state index is -4.53. The fourth-order valence-corrected chi connectivity index (χ4v) is 6.18. The normalized spacial score (nSPS) is 11.8. The van der Waals surface area contributed by atoms with Gasteiger partial charge >= 0.3 is 36.4 Å². The molecule has 3 aromatic heterocycles. The van der Waals surface area contributed by atoms with Crippen molar-refractivity contribution in [2.24, 2.45) is 0 Å². The van der Waals surface area contributed by atoms with Gasteiger partial charge in [0.1, 0.15) is 0 Å². The summed E-state index contributed by atoms with van der Waals surface area (Å²) < 4.78 is 38.6. The number of hydrogen-bond acceptors (Lipinski definition) is 12. The number of alkyl halides is 3. The van der Waals surface area contributed by atoms with E-state index in [1.165, 1.54) is 41.7 Å². The quantitative estimate of drug-likeness (QED) is 0.141. The van der Waals surface area contributed by atoms with E-state index in [0.717, 1.165) is 30.2 Å². The number of benzene rings is 2. The molecule has 6 rings (SSSR count). The van der Waals surface area contributed by atoms with Crippen molar-refractivity contribution in [1.82, 2.24) is 46.3 Å². The highest BCUT2D eigenvalue weighted by atomic mass is 32.1. The Labute approximate surface area is 311 Å². The van der Waals surface area contributed by atoms with Gasteiger partial charge in [0.25, 0.3) is 0 Å². The molecule has 284 valence electrons. The van der Waals surface area contributed by atoms with Gasteiger partial charge in [-0.2, -0.15) is 13.2 Å². The molecule has 0 atom stereocenters. The van der Waals surface area contributed by atoms with Gasteiger partial charge in [0.05, 0.1) is 27.0 Å². The Hall–Kier alpha value is -5.88. The summed E-state index contributed by atoms with van der Waals surface area (Å²) in [5, 5.41) is 26.9. The summed E-state index contributed by atoms with van der Waals surface area (Å²) in [6, 6.07) is 14.1. The van der Waals surface area contributed by atoms with Crippen molar-refractivity contribution in [3.63, 3.8) is 0 Å². The zero-order valence-electron chi connectivity index (χ0n) is 28.5. The Morgan fingerprint density at radius 1 is 0.811 bits per heavy atom. The van der Waals surface area contributed by atoms with E-state index in [0.29, 0.717) is 28.1 Å². The van der Waals surface area contributed by atoms with Crippen molar-refractivity contribution in [2.45, 2.75) is 6.18 Å². The van der Waals surface area contributed by atoms with E-state index in [-0.39, 0.29) is 23.7 Å². The van der Waals surface area contributed by atoms with E-state index in [9.17, 15) is 37.1 Å². The molecule has 1 saturated heterocycles. The maximum Gasteiger partial charge on any atom is 0.445 e. The first-order chi connectivity index (χ1) is 25.1. The Morgan fingerprint density at radius 2 is 1.36 bits per heavy atom. The Morgan fingerprint density at radius 3 is 1.79 bits per heavy atom. The summed E-state index contributed by atoms with van der Waals surface area (Å²) in [6.45, 7) is 0.680. The molecular weight excluding hydrogens is 766 g/mol. The van der Waals surface area contributed by atoms with Crippen LogP contribution in [0.1, 0.15) is 5.01 Å². The Bertz CT molecular complexity index is 1970. The molecule has 0 bridgehead atoms. The molecule has 5 aromatic rings. The van der Waals surface area contributed by atoms with E-state index in [1.807, 2.05) is 48.5 Å². The lowest BCUT2D eigenvalue weighted by atomic mass is 10.3. The number of nitrogens with one attached hydrogen (secondary N) is 5. The number of amides is 9. The van der Waals surface area contributed by atoms with Crippen LogP contribution in [0.4, 0.5) is 52.5 Å². The van der Waals surface area contributed by atoms with Crippen LogP contribution in [-0.2, 0) is 6.18 Å². The minimum absolute atomic E-state index is 0.110. The van der Waals surface area contributed by atoms with E-state index < -0.39 is 29.3 Å². The van der Waals surface area contributed by atoms with Crippen molar-refractivity contribution >= 4 is 100 Å². The standard InChI is InChI=1S/C10H11N3OS.C9H9N3OS.C6H7F3N4OS.C4H6N2O3/c1-11-9(14)13(2)10-12-7-5-3-4-6-8(7)15-10;1-10-8(13)12-9-11-6-4-2-3-5-7(6)14-9;1-10-4(14)13(2)5-12-11-3(15-5)6(7,8)9;7-3-5-1-2-6(3)4(8)9/h3-6H,1-2H3,(H,11,14);2-5H,1H3,(H2,10,11,12,13);1-2H3,(H,10,14);1-2H2,(H,5,7)(H,8,9). The molecule has 9 amide bonds. The van der Waals surface area contributed by atoms with Crippen molar-refractivity contribution in [3.8, 4) is 0 Å². The van der Waals surface area contributed by atoms with Gasteiger partial charge in [-0.1, -0.05) is 58.3 Å². The molecule has 0 aliphatic carbocycles. The third-order valence-corrected chi connectivity index (χ3v) is 9.49. The number of para-hydroxylation sites is 2. The molecule has 0 spiro atoms. The van der Waals surface area contributed by atoms with Gasteiger partial charge in [-0.15, -0.1) is 10.2 Å². The number of halogens is 3. The van der Waals surface area contributed by atoms with Crippen LogP contribution in [0.25, 0.3) is 20.4 Å². The topological polar surface area (TPSA) is 227 Å². The first-order valence-corrected chi connectivity index (χ1v) is 17.3. The monoisotopic (exact) mass is 798 g/mol. The first kappa shape index (κ1) is 41.5. The number of carbonyl (C=O) groups is 5. The molecule has 2 aromatic carbocycles. The van der Waals surface area contributed by atoms with Gasteiger partial charge in [0.15, 0.2) is 10.3 Å². The van der Waals surface area contributed by atoms with Crippen LogP contribution in [0.5, 0.6) is 0 Å². The third kappa shape index (κ3) is 11.8. The number of fused-ring (bicyclic) bond motifs is 2. The second kappa shape index (κ2) is 19.1. The van der Waals surface area contributed by atoms with Crippen LogP contribution in [0, 0.1) is 0 Å². The van der Waals surface area contributed by atoms with Crippen LogP contribution in [0.15, 0.2) is 48.5 Å². The zero-order chi connectivity index (χ0) is 39.3. The predicted octanol–water partition coefficient (Wildman–Crippen LogP) is 5.14. The van der Waals surface area contributed by atoms with Crippen molar-refractivity contribution in [1.29, 1.82) is 0 Å². The summed E-state index contributed by atoms with van der Waals surface area (Å²) in [6.07, 6.45) is -5.72. The SMILES string of the molecule is CNC(=O)N(C)c1nc2ccccc2s1.CNC(=O)N(C)c1nnc(C(F)(F)F)s1.CNC(=O)Nc1nc2ccccc2s1.O=C(O)N1CCNC1=O. The second-order valence-electron chi connectivity index (χ2n) is 9.94. The molecule has 4 heterocycles. The predicted molar refractivity (Wildman–Crippen MR) is 196 cm³/mol. The molecule has 53 heavy (non-hydrogen) atoms. The fraction of sp³-hybridized carbons (Fsp3) is 0.276. The highest BCUT2D eigenvalue weighted by molar-refractivity contribution is 7.22.